The highest BCUT2D eigenvalue weighted by Gasteiger charge is 2.27. The molecule has 0 radical (unpaired) electrons. The third-order valence-electron chi connectivity index (χ3n) is 2.83. The van der Waals surface area contributed by atoms with Gasteiger partial charge in [0.05, 0.1) is 20.8 Å². The summed E-state index contributed by atoms with van der Waals surface area (Å²) in [7, 11) is 2.37. The van der Waals surface area contributed by atoms with Crippen molar-refractivity contribution >= 4 is 35.1 Å². The molecule has 1 aromatic carbocycles. The normalized spacial score (nSPS) is 10.4. The zero-order chi connectivity index (χ0) is 16.3. The first-order valence-electron chi connectivity index (χ1n) is 6.02. The summed E-state index contributed by atoms with van der Waals surface area (Å²) in [6, 6.07) is 4.90. The average molecular weight is 344 g/mol. The molecule has 0 bridgehead atoms. The molecule has 0 aliphatic heterocycles. The van der Waals surface area contributed by atoms with Gasteiger partial charge in [-0.1, -0.05) is 34.5 Å². The number of carbonyl (C=O) groups is 2. The van der Waals surface area contributed by atoms with E-state index in [1.165, 1.54) is 18.9 Å². The summed E-state index contributed by atoms with van der Waals surface area (Å²) >= 11 is 11.9. The summed E-state index contributed by atoms with van der Waals surface area (Å²) < 4.78 is 10.4. The number of benzene rings is 1. The Morgan fingerprint density at radius 1 is 1.18 bits per heavy atom. The molecule has 0 saturated heterocycles. The Morgan fingerprint density at radius 3 is 2.45 bits per heavy atom. The topological polar surface area (TPSA) is 83.3 Å². The van der Waals surface area contributed by atoms with Crippen LogP contribution in [0.4, 0.5) is 0 Å². The first-order valence-corrected chi connectivity index (χ1v) is 6.77. The van der Waals surface area contributed by atoms with Crippen molar-refractivity contribution in [2.24, 2.45) is 0 Å². The zero-order valence-corrected chi connectivity index (χ0v) is 13.2. The van der Waals surface area contributed by atoms with E-state index >= 15 is 0 Å². The van der Waals surface area contributed by atoms with E-state index < -0.39 is 11.9 Å². The van der Waals surface area contributed by atoms with Crippen molar-refractivity contribution in [3.63, 3.8) is 0 Å². The van der Waals surface area contributed by atoms with Gasteiger partial charge >= 0.3 is 11.9 Å². The number of methoxy groups -OCH3 is 2. The summed E-state index contributed by atoms with van der Waals surface area (Å²) in [5, 5.41) is 8.34. The van der Waals surface area contributed by atoms with Crippen molar-refractivity contribution in [2.75, 3.05) is 14.2 Å². The molecule has 0 N–H and O–H groups in total. The first kappa shape index (κ1) is 16.3. The first-order chi connectivity index (χ1) is 10.5. The molecule has 0 fully saturated rings. The number of carbonyl (C=O) groups excluding carboxylic acids is 2. The van der Waals surface area contributed by atoms with Gasteiger partial charge in [0, 0.05) is 10.0 Å². The minimum absolute atomic E-state index is 0.111. The zero-order valence-electron chi connectivity index (χ0n) is 11.7. The number of hydrogen-bond donors (Lipinski definition) is 0. The maximum Gasteiger partial charge on any atom is 0.361 e. The van der Waals surface area contributed by atoms with E-state index in [1.54, 1.807) is 18.2 Å². The van der Waals surface area contributed by atoms with Crippen LogP contribution in [-0.2, 0) is 16.0 Å². The lowest BCUT2D eigenvalue weighted by Gasteiger charge is -2.08. The fourth-order valence-corrected chi connectivity index (χ4v) is 2.24. The number of esters is 2. The number of nitrogens with zero attached hydrogens (tertiary/aromatic N) is 3. The molecule has 0 amide bonds. The van der Waals surface area contributed by atoms with Gasteiger partial charge in [0.2, 0.25) is 5.69 Å². The molecule has 22 heavy (non-hydrogen) atoms. The summed E-state index contributed by atoms with van der Waals surface area (Å²) in [4.78, 5) is 23.5. The van der Waals surface area contributed by atoms with Crippen LogP contribution < -0.4 is 0 Å². The van der Waals surface area contributed by atoms with Crippen molar-refractivity contribution in [1.29, 1.82) is 0 Å². The Labute approximate surface area is 135 Å². The van der Waals surface area contributed by atoms with Crippen LogP contribution in [0.5, 0.6) is 0 Å². The molecule has 0 atom stereocenters. The fourth-order valence-electron chi connectivity index (χ4n) is 1.77. The predicted molar refractivity (Wildman–Crippen MR) is 78.3 cm³/mol. The molecule has 1 heterocycles. The number of rotatable bonds is 4. The van der Waals surface area contributed by atoms with Crippen LogP contribution >= 0.6 is 23.2 Å². The minimum atomic E-state index is -0.783. The highest BCUT2D eigenvalue weighted by molar-refractivity contribution is 6.35. The number of ether oxygens (including phenoxy) is 2. The Hall–Kier alpha value is -2.12. The molecule has 0 aliphatic carbocycles. The van der Waals surface area contributed by atoms with Crippen molar-refractivity contribution < 1.29 is 19.1 Å². The quantitative estimate of drug-likeness (QED) is 0.791. The van der Waals surface area contributed by atoms with E-state index in [0.717, 1.165) is 0 Å². The van der Waals surface area contributed by atoms with Crippen molar-refractivity contribution in [2.45, 2.75) is 6.54 Å². The number of halogens is 2. The van der Waals surface area contributed by atoms with Crippen LogP contribution in [0.2, 0.25) is 10.0 Å². The molecule has 7 nitrogen and oxygen atoms in total. The number of aromatic nitrogens is 3. The lowest BCUT2D eigenvalue weighted by atomic mass is 10.2. The molecule has 0 unspecified atom stereocenters. The lowest BCUT2D eigenvalue weighted by Crippen LogP contribution is -2.17. The molecule has 116 valence electrons. The van der Waals surface area contributed by atoms with Gasteiger partial charge in [-0.05, 0) is 17.7 Å². The van der Waals surface area contributed by atoms with Gasteiger partial charge in [0.25, 0.3) is 0 Å². The molecule has 0 saturated carbocycles. The Kier molecular flexibility index (Phi) is 4.99. The third kappa shape index (κ3) is 3.20. The third-order valence-corrected chi connectivity index (χ3v) is 3.41. The Morgan fingerprint density at radius 2 is 1.86 bits per heavy atom. The molecule has 9 heteroatoms. The van der Waals surface area contributed by atoms with Gasteiger partial charge in [-0.3, -0.25) is 0 Å². The standard InChI is InChI=1S/C13H11Cl2N3O4/c1-21-12(19)10-11(13(20)22-2)18(17-16-10)6-7-3-4-8(14)5-9(7)15/h3-5H,6H2,1-2H3. The largest absolute Gasteiger partial charge is 0.464 e. The minimum Gasteiger partial charge on any atom is -0.464 e. The molecule has 0 aliphatic rings. The van der Waals surface area contributed by atoms with Crippen molar-refractivity contribution in [3.8, 4) is 0 Å². The number of hydrogen-bond acceptors (Lipinski definition) is 6. The van der Waals surface area contributed by atoms with Crippen LogP contribution in [-0.4, -0.2) is 41.2 Å². The van der Waals surface area contributed by atoms with Crippen molar-refractivity contribution in [1.82, 2.24) is 15.0 Å². The smallest absolute Gasteiger partial charge is 0.361 e. The highest BCUT2D eigenvalue weighted by atomic mass is 35.5. The van der Waals surface area contributed by atoms with E-state index in [9.17, 15) is 9.59 Å². The van der Waals surface area contributed by atoms with Crippen LogP contribution in [0.1, 0.15) is 26.5 Å². The van der Waals surface area contributed by atoms with E-state index in [4.69, 9.17) is 23.2 Å². The van der Waals surface area contributed by atoms with E-state index in [0.29, 0.717) is 15.6 Å². The summed E-state index contributed by atoms with van der Waals surface area (Å²) in [6.45, 7) is 0.116. The maximum atomic E-state index is 11.9. The Bertz CT molecular complexity index is 730. The van der Waals surface area contributed by atoms with Gasteiger partial charge in [-0.25, -0.2) is 14.3 Å². The lowest BCUT2D eigenvalue weighted by molar-refractivity contribution is 0.0544. The van der Waals surface area contributed by atoms with Gasteiger partial charge in [-0.15, -0.1) is 5.10 Å². The van der Waals surface area contributed by atoms with Gasteiger partial charge < -0.3 is 9.47 Å². The molecular weight excluding hydrogens is 333 g/mol. The molecular formula is C13H11Cl2N3O4. The molecule has 0 spiro atoms. The highest BCUT2D eigenvalue weighted by Crippen LogP contribution is 2.22. The second kappa shape index (κ2) is 6.76. The monoisotopic (exact) mass is 343 g/mol. The average Bonchev–Trinajstić information content (AvgIpc) is 2.92. The second-order valence-corrected chi connectivity index (χ2v) is 5.01. The van der Waals surface area contributed by atoms with E-state index in [1.807, 2.05) is 0 Å². The van der Waals surface area contributed by atoms with Crippen LogP contribution in [0, 0.1) is 0 Å². The van der Waals surface area contributed by atoms with E-state index in [2.05, 4.69) is 19.8 Å². The van der Waals surface area contributed by atoms with Crippen LogP contribution in [0.25, 0.3) is 0 Å². The van der Waals surface area contributed by atoms with E-state index in [-0.39, 0.29) is 17.9 Å². The van der Waals surface area contributed by atoms with Gasteiger partial charge in [-0.2, -0.15) is 0 Å². The summed E-state index contributed by atoms with van der Waals surface area (Å²) in [5.41, 5.74) is 0.317. The van der Waals surface area contributed by atoms with Crippen molar-refractivity contribution in [3.05, 3.63) is 45.2 Å². The SMILES string of the molecule is COC(=O)c1nnn(Cc2ccc(Cl)cc2Cl)c1C(=O)OC. The Balaban J connectivity index is 2.44. The maximum absolute atomic E-state index is 11.9. The van der Waals surface area contributed by atoms with Crippen LogP contribution in [0.3, 0.4) is 0 Å². The molecule has 2 aromatic rings. The fraction of sp³-hybridized carbons (Fsp3) is 0.231. The van der Waals surface area contributed by atoms with Gasteiger partial charge in [0.15, 0.2) is 5.69 Å². The summed E-state index contributed by atoms with van der Waals surface area (Å²) in [5.74, 6) is -1.54. The predicted octanol–water partition coefficient (Wildman–Crippen LogP) is 2.21. The molecule has 1 aromatic heterocycles. The second-order valence-electron chi connectivity index (χ2n) is 4.16. The van der Waals surface area contributed by atoms with Crippen LogP contribution in [0.15, 0.2) is 18.2 Å². The summed E-state index contributed by atoms with van der Waals surface area (Å²) in [6.07, 6.45) is 0. The van der Waals surface area contributed by atoms with Gasteiger partial charge in [0.1, 0.15) is 0 Å². The molecule has 2 rings (SSSR count).